The van der Waals surface area contributed by atoms with Crippen LogP contribution in [0.25, 0.3) is 11.1 Å². The van der Waals surface area contributed by atoms with Crippen LogP contribution in [0.3, 0.4) is 0 Å². The maximum absolute atomic E-state index is 13.1. The highest BCUT2D eigenvalue weighted by atomic mass is 32.2. The highest BCUT2D eigenvalue weighted by Gasteiger charge is 2.18. The van der Waals surface area contributed by atoms with Gasteiger partial charge in [0.1, 0.15) is 5.84 Å². The third kappa shape index (κ3) is 5.91. The summed E-state index contributed by atoms with van der Waals surface area (Å²) in [6, 6.07) is 26.5. The van der Waals surface area contributed by atoms with Crippen molar-refractivity contribution in [3.05, 3.63) is 114 Å². The van der Waals surface area contributed by atoms with Crippen LogP contribution >= 0.6 is 0 Å². The quantitative estimate of drug-likeness (QED) is 0.212. The summed E-state index contributed by atoms with van der Waals surface area (Å²) < 4.78 is 24.3. The molecule has 0 unspecified atom stereocenters. The summed E-state index contributed by atoms with van der Waals surface area (Å²) in [6.45, 7) is 0. The lowest BCUT2D eigenvalue weighted by molar-refractivity contribution is 0.0990. The highest BCUT2D eigenvalue weighted by molar-refractivity contribution is 7.90. The van der Waals surface area contributed by atoms with E-state index in [1.54, 1.807) is 97.1 Å². The minimum atomic E-state index is -3.41. The van der Waals surface area contributed by atoms with Crippen LogP contribution in [0.1, 0.15) is 26.3 Å². The van der Waals surface area contributed by atoms with Crippen molar-refractivity contribution in [2.24, 2.45) is 5.73 Å². The van der Waals surface area contributed by atoms with Gasteiger partial charge in [-0.2, -0.15) is 0 Å². The molecule has 0 aromatic heterocycles. The van der Waals surface area contributed by atoms with Crippen LogP contribution in [0.15, 0.2) is 102 Å². The second kappa shape index (κ2) is 10.5. The number of amides is 2. The maximum atomic E-state index is 13.1. The van der Waals surface area contributed by atoms with Crippen LogP contribution in [0.4, 0.5) is 11.4 Å². The molecule has 0 aliphatic rings. The van der Waals surface area contributed by atoms with Gasteiger partial charge in [-0.15, -0.1) is 0 Å². The second-order valence-electron chi connectivity index (χ2n) is 8.29. The normalized spacial score (nSPS) is 10.9. The number of carbonyl (C=O) groups is 2. The largest absolute Gasteiger partial charge is 0.384 e. The Morgan fingerprint density at radius 1 is 0.730 bits per heavy atom. The smallest absolute Gasteiger partial charge is 0.256 e. The van der Waals surface area contributed by atoms with Gasteiger partial charge in [-0.25, -0.2) is 8.42 Å². The molecule has 4 rings (SSSR count). The number of hydrogen-bond donors (Lipinski definition) is 4. The van der Waals surface area contributed by atoms with Crippen molar-refractivity contribution in [1.82, 2.24) is 0 Å². The molecule has 0 spiro atoms. The molecule has 4 aromatic carbocycles. The minimum Gasteiger partial charge on any atom is -0.384 e. The van der Waals surface area contributed by atoms with Crippen LogP contribution in [-0.4, -0.2) is 32.3 Å². The number of benzene rings is 4. The SMILES string of the molecule is CS(=O)(=O)c1ccccc1-c1ccc(NC(=O)c2ccccc2C(=O)Nc2cccc(C(=N)N)c2)cc1. The molecular weight excluding hydrogens is 488 g/mol. The number of nitrogen functional groups attached to an aromatic ring is 1. The number of nitrogens with two attached hydrogens (primary N) is 1. The molecule has 0 aliphatic carbocycles. The number of amidine groups is 1. The fraction of sp³-hybridized carbons (Fsp3) is 0.0357. The first kappa shape index (κ1) is 25.3. The molecule has 0 bridgehead atoms. The Labute approximate surface area is 214 Å². The van der Waals surface area contributed by atoms with Gasteiger partial charge in [0.15, 0.2) is 9.84 Å². The van der Waals surface area contributed by atoms with E-state index >= 15 is 0 Å². The first-order valence-electron chi connectivity index (χ1n) is 11.2. The first-order valence-corrected chi connectivity index (χ1v) is 13.1. The van der Waals surface area contributed by atoms with Crippen molar-refractivity contribution < 1.29 is 18.0 Å². The van der Waals surface area contributed by atoms with E-state index in [2.05, 4.69) is 10.6 Å². The Hall–Kier alpha value is -4.76. The number of hydrogen-bond acceptors (Lipinski definition) is 5. The number of anilines is 2. The molecule has 37 heavy (non-hydrogen) atoms. The molecule has 0 saturated carbocycles. The highest BCUT2D eigenvalue weighted by Crippen LogP contribution is 2.28. The zero-order valence-electron chi connectivity index (χ0n) is 19.9. The molecule has 8 nitrogen and oxygen atoms in total. The first-order chi connectivity index (χ1) is 17.6. The lowest BCUT2D eigenvalue weighted by Crippen LogP contribution is -2.20. The number of nitrogens with one attached hydrogen (secondary N) is 3. The minimum absolute atomic E-state index is 0.123. The second-order valence-corrected chi connectivity index (χ2v) is 10.3. The standard InChI is InChI=1S/C28H24N4O4S/c1-37(35,36)25-12-5-4-9-22(25)18-13-15-20(16-14-18)31-27(33)23-10-2-3-11-24(23)28(34)32-21-8-6-7-19(17-21)26(29)30/h2-17H,1H3,(H3,29,30)(H,31,33)(H,32,34). The molecule has 9 heteroatoms. The summed E-state index contributed by atoms with van der Waals surface area (Å²) in [5.41, 5.74) is 8.51. The van der Waals surface area contributed by atoms with Gasteiger partial charge < -0.3 is 16.4 Å². The monoisotopic (exact) mass is 512 g/mol. The van der Waals surface area contributed by atoms with Gasteiger partial charge in [-0.1, -0.05) is 54.6 Å². The molecule has 4 aromatic rings. The van der Waals surface area contributed by atoms with E-state index in [1.807, 2.05) is 0 Å². The Morgan fingerprint density at radius 3 is 1.89 bits per heavy atom. The summed E-state index contributed by atoms with van der Waals surface area (Å²) in [5, 5.41) is 13.1. The Balaban J connectivity index is 1.54. The topological polar surface area (TPSA) is 142 Å². The summed E-state index contributed by atoms with van der Waals surface area (Å²) in [7, 11) is -3.41. The molecule has 0 atom stereocenters. The number of rotatable bonds is 7. The Kier molecular flexibility index (Phi) is 7.17. The maximum Gasteiger partial charge on any atom is 0.256 e. The van der Waals surface area contributed by atoms with Crippen molar-refractivity contribution in [2.45, 2.75) is 4.90 Å². The van der Waals surface area contributed by atoms with E-state index in [9.17, 15) is 18.0 Å². The van der Waals surface area contributed by atoms with Gasteiger partial charge in [0.05, 0.1) is 16.0 Å². The van der Waals surface area contributed by atoms with Gasteiger partial charge in [-0.05, 0) is 48.0 Å². The molecule has 0 saturated heterocycles. The molecule has 2 amide bonds. The van der Waals surface area contributed by atoms with Crippen LogP contribution in [0.5, 0.6) is 0 Å². The third-order valence-corrected chi connectivity index (χ3v) is 6.74. The molecule has 5 N–H and O–H groups in total. The van der Waals surface area contributed by atoms with Crippen molar-refractivity contribution in [3.8, 4) is 11.1 Å². The zero-order valence-corrected chi connectivity index (χ0v) is 20.7. The summed E-state index contributed by atoms with van der Waals surface area (Å²) in [5.74, 6) is -1.09. The lowest BCUT2D eigenvalue weighted by Gasteiger charge is -2.12. The van der Waals surface area contributed by atoms with E-state index in [1.165, 1.54) is 0 Å². The van der Waals surface area contributed by atoms with Crippen LogP contribution < -0.4 is 16.4 Å². The predicted octanol–water partition coefficient (Wildman–Crippen LogP) is 4.55. The molecule has 0 radical (unpaired) electrons. The molecule has 0 heterocycles. The van der Waals surface area contributed by atoms with E-state index < -0.39 is 21.7 Å². The van der Waals surface area contributed by atoms with Crippen molar-refractivity contribution in [2.75, 3.05) is 16.9 Å². The average molecular weight is 513 g/mol. The molecule has 0 fully saturated rings. The van der Waals surface area contributed by atoms with E-state index in [-0.39, 0.29) is 21.9 Å². The lowest BCUT2D eigenvalue weighted by atomic mass is 10.0. The van der Waals surface area contributed by atoms with Gasteiger partial charge in [-0.3, -0.25) is 15.0 Å². The van der Waals surface area contributed by atoms with Crippen LogP contribution in [0.2, 0.25) is 0 Å². The fourth-order valence-electron chi connectivity index (χ4n) is 3.80. The van der Waals surface area contributed by atoms with E-state index in [4.69, 9.17) is 11.1 Å². The summed E-state index contributed by atoms with van der Waals surface area (Å²) >= 11 is 0. The summed E-state index contributed by atoms with van der Waals surface area (Å²) in [6.07, 6.45) is 1.16. The van der Waals surface area contributed by atoms with Crippen molar-refractivity contribution >= 4 is 38.9 Å². The van der Waals surface area contributed by atoms with Gasteiger partial charge in [0, 0.05) is 28.8 Å². The van der Waals surface area contributed by atoms with Crippen molar-refractivity contribution in [1.29, 1.82) is 5.41 Å². The predicted molar refractivity (Wildman–Crippen MR) is 145 cm³/mol. The third-order valence-electron chi connectivity index (χ3n) is 5.59. The Bertz CT molecular complexity index is 1610. The molecule has 186 valence electrons. The molecular formula is C28H24N4O4S. The van der Waals surface area contributed by atoms with Gasteiger partial charge in [0.25, 0.3) is 11.8 Å². The van der Waals surface area contributed by atoms with Crippen molar-refractivity contribution in [3.63, 3.8) is 0 Å². The summed E-state index contributed by atoms with van der Waals surface area (Å²) in [4.78, 5) is 26.2. The average Bonchev–Trinajstić information content (AvgIpc) is 2.88. The number of sulfone groups is 1. The van der Waals surface area contributed by atoms with Crippen LogP contribution in [0, 0.1) is 5.41 Å². The molecule has 0 aliphatic heterocycles. The van der Waals surface area contributed by atoms with E-state index in [0.717, 1.165) is 6.26 Å². The Morgan fingerprint density at radius 2 is 1.30 bits per heavy atom. The fourth-order valence-corrected chi connectivity index (χ4v) is 4.71. The van der Waals surface area contributed by atoms with Crippen LogP contribution in [-0.2, 0) is 9.84 Å². The number of carbonyl (C=O) groups excluding carboxylic acids is 2. The zero-order chi connectivity index (χ0) is 26.6. The van der Waals surface area contributed by atoms with E-state index in [0.29, 0.717) is 28.1 Å². The van der Waals surface area contributed by atoms with Gasteiger partial charge in [0.2, 0.25) is 0 Å². The van der Waals surface area contributed by atoms with Gasteiger partial charge >= 0.3 is 0 Å².